The number of hydrogen-bond acceptors (Lipinski definition) is 2. The highest BCUT2D eigenvalue weighted by Gasteiger charge is 2.01. The van der Waals surface area contributed by atoms with Crippen molar-refractivity contribution < 1.29 is 5.73 Å². The molecular weight excluding hydrogens is 140 g/mol. The number of hydrogen-bond donors (Lipinski definition) is 1. The number of quaternary nitrogens is 1. The molecule has 2 aromatic heterocycles. The van der Waals surface area contributed by atoms with Gasteiger partial charge in [-0.15, -0.1) is 10.2 Å². The first-order valence-corrected chi connectivity index (χ1v) is 3.49. The lowest BCUT2D eigenvalue weighted by atomic mass is 10.5. The van der Waals surface area contributed by atoms with Gasteiger partial charge >= 0.3 is 0 Å². The average Bonchev–Trinajstić information content (AvgIpc) is 2.47. The smallest absolute Gasteiger partial charge is 0.192 e. The van der Waals surface area contributed by atoms with Gasteiger partial charge in [0.1, 0.15) is 6.54 Å². The summed E-state index contributed by atoms with van der Waals surface area (Å²) < 4.78 is 1.94. The van der Waals surface area contributed by atoms with Crippen molar-refractivity contribution in [1.29, 1.82) is 0 Å². The fourth-order valence-corrected chi connectivity index (χ4v) is 1.06. The Labute approximate surface area is 63.7 Å². The quantitative estimate of drug-likeness (QED) is 0.592. The molecular formula is C7H9N4+. The predicted molar refractivity (Wildman–Crippen MR) is 39.6 cm³/mol. The van der Waals surface area contributed by atoms with E-state index in [-0.39, 0.29) is 0 Å². The van der Waals surface area contributed by atoms with E-state index in [0.717, 1.165) is 11.5 Å². The summed E-state index contributed by atoms with van der Waals surface area (Å²) in [5.74, 6) is 0.903. The van der Waals surface area contributed by atoms with E-state index < -0.39 is 0 Å². The van der Waals surface area contributed by atoms with E-state index >= 15 is 0 Å². The zero-order chi connectivity index (χ0) is 7.68. The molecule has 0 fully saturated rings. The van der Waals surface area contributed by atoms with E-state index in [9.17, 15) is 0 Å². The van der Waals surface area contributed by atoms with E-state index in [1.165, 1.54) is 0 Å². The van der Waals surface area contributed by atoms with Crippen molar-refractivity contribution in [3.05, 3.63) is 30.2 Å². The topological polar surface area (TPSA) is 57.8 Å². The molecule has 56 valence electrons. The highest BCUT2D eigenvalue weighted by atomic mass is 15.2. The molecule has 0 saturated carbocycles. The van der Waals surface area contributed by atoms with E-state index in [0.29, 0.717) is 6.54 Å². The third-order valence-corrected chi connectivity index (χ3v) is 1.61. The van der Waals surface area contributed by atoms with Crippen molar-refractivity contribution in [1.82, 2.24) is 14.6 Å². The molecule has 0 saturated heterocycles. The fraction of sp³-hybridized carbons (Fsp3) is 0.143. The highest BCUT2D eigenvalue weighted by Crippen LogP contribution is 2.00. The summed E-state index contributed by atoms with van der Waals surface area (Å²) in [6.45, 7) is 0.672. The maximum absolute atomic E-state index is 3.96. The third kappa shape index (κ3) is 0.877. The first-order valence-electron chi connectivity index (χ1n) is 3.49. The van der Waals surface area contributed by atoms with Crippen molar-refractivity contribution >= 4 is 5.65 Å². The van der Waals surface area contributed by atoms with Gasteiger partial charge in [0.15, 0.2) is 11.5 Å². The van der Waals surface area contributed by atoms with Crippen molar-refractivity contribution in [3.63, 3.8) is 0 Å². The molecule has 2 rings (SSSR count). The van der Waals surface area contributed by atoms with Gasteiger partial charge in [-0.1, -0.05) is 6.07 Å². The molecule has 0 aliphatic heterocycles. The molecule has 0 aromatic carbocycles. The highest BCUT2D eigenvalue weighted by molar-refractivity contribution is 5.36. The van der Waals surface area contributed by atoms with Crippen LogP contribution in [0.25, 0.3) is 5.65 Å². The molecule has 0 atom stereocenters. The van der Waals surface area contributed by atoms with E-state index in [2.05, 4.69) is 15.9 Å². The summed E-state index contributed by atoms with van der Waals surface area (Å²) in [5.41, 5.74) is 4.64. The van der Waals surface area contributed by atoms with Crippen LogP contribution in [0.2, 0.25) is 0 Å². The van der Waals surface area contributed by atoms with E-state index in [1.807, 2.05) is 28.8 Å². The first-order chi connectivity index (χ1) is 5.42. The van der Waals surface area contributed by atoms with Gasteiger partial charge in [-0.25, -0.2) is 0 Å². The monoisotopic (exact) mass is 149 g/mol. The number of rotatable bonds is 1. The van der Waals surface area contributed by atoms with Crippen LogP contribution in [0.3, 0.4) is 0 Å². The van der Waals surface area contributed by atoms with Crippen LogP contribution < -0.4 is 5.73 Å². The van der Waals surface area contributed by atoms with Gasteiger partial charge in [-0.3, -0.25) is 4.40 Å². The Bertz CT molecular complexity index is 365. The minimum absolute atomic E-state index is 0.672. The molecule has 0 aliphatic carbocycles. The minimum atomic E-state index is 0.672. The number of pyridine rings is 1. The van der Waals surface area contributed by atoms with Gasteiger partial charge in [0.25, 0.3) is 0 Å². The lowest BCUT2D eigenvalue weighted by Gasteiger charge is -1.91. The molecule has 4 nitrogen and oxygen atoms in total. The zero-order valence-corrected chi connectivity index (χ0v) is 6.07. The summed E-state index contributed by atoms with van der Waals surface area (Å²) in [6, 6.07) is 5.82. The maximum Gasteiger partial charge on any atom is 0.192 e. The molecule has 2 aromatic rings. The van der Waals surface area contributed by atoms with Gasteiger partial charge in [0.2, 0.25) is 0 Å². The molecule has 2 heterocycles. The Balaban J connectivity index is 2.76. The molecule has 3 N–H and O–H groups in total. The van der Waals surface area contributed by atoms with Crippen LogP contribution in [-0.2, 0) is 6.54 Å². The van der Waals surface area contributed by atoms with Crippen molar-refractivity contribution in [3.8, 4) is 0 Å². The SMILES string of the molecule is [NH3+]Cc1nnc2ccccn12. The van der Waals surface area contributed by atoms with Crippen LogP contribution >= 0.6 is 0 Å². The summed E-state index contributed by atoms with van der Waals surface area (Å²) in [7, 11) is 0. The van der Waals surface area contributed by atoms with Gasteiger partial charge in [0.05, 0.1) is 0 Å². The molecule has 0 spiro atoms. The Hall–Kier alpha value is -1.42. The van der Waals surface area contributed by atoms with Crippen LogP contribution in [0.4, 0.5) is 0 Å². The Morgan fingerprint density at radius 1 is 1.36 bits per heavy atom. The predicted octanol–water partition coefficient (Wildman–Crippen LogP) is -0.529. The number of aromatic nitrogens is 3. The summed E-state index contributed by atoms with van der Waals surface area (Å²) in [4.78, 5) is 0. The normalized spacial score (nSPS) is 10.6. The van der Waals surface area contributed by atoms with Gasteiger partial charge in [-0.05, 0) is 12.1 Å². The fourth-order valence-electron chi connectivity index (χ4n) is 1.06. The Morgan fingerprint density at radius 2 is 2.27 bits per heavy atom. The average molecular weight is 149 g/mol. The van der Waals surface area contributed by atoms with E-state index in [1.54, 1.807) is 0 Å². The number of fused-ring (bicyclic) bond motifs is 1. The summed E-state index contributed by atoms with van der Waals surface area (Å²) in [5, 5.41) is 7.93. The van der Waals surface area contributed by atoms with Crippen molar-refractivity contribution in [2.75, 3.05) is 0 Å². The van der Waals surface area contributed by atoms with E-state index in [4.69, 9.17) is 0 Å². The van der Waals surface area contributed by atoms with Gasteiger partial charge in [0, 0.05) is 6.20 Å². The summed E-state index contributed by atoms with van der Waals surface area (Å²) >= 11 is 0. The minimum Gasteiger partial charge on any atom is -0.351 e. The van der Waals surface area contributed by atoms with Crippen molar-refractivity contribution in [2.45, 2.75) is 6.54 Å². The maximum atomic E-state index is 3.96. The Kier molecular flexibility index (Phi) is 1.33. The molecule has 0 unspecified atom stereocenters. The molecule has 0 radical (unpaired) electrons. The van der Waals surface area contributed by atoms with Crippen LogP contribution in [0.1, 0.15) is 5.82 Å². The second kappa shape index (κ2) is 2.32. The lowest BCUT2D eigenvalue weighted by molar-refractivity contribution is -0.388. The second-order valence-electron chi connectivity index (χ2n) is 2.30. The largest absolute Gasteiger partial charge is 0.351 e. The van der Waals surface area contributed by atoms with Crippen LogP contribution in [-0.4, -0.2) is 14.6 Å². The van der Waals surface area contributed by atoms with Crippen LogP contribution in [0.5, 0.6) is 0 Å². The number of nitrogens with zero attached hydrogens (tertiary/aromatic N) is 3. The summed E-state index contributed by atoms with van der Waals surface area (Å²) in [6.07, 6.45) is 1.94. The van der Waals surface area contributed by atoms with Crippen LogP contribution in [0, 0.1) is 0 Å². The molecule has 4 heteroatoms. The second-order valence-corrected chi connectivity index (χ2v) is 2.30. The van der Waals surface area contributed by atoms with Crippen molar-refractivity contribution in [2.24, 2.45) is 0 Å². The third-order valence-electron chi connectivity index (χ3n) is 1.61. The molecule has 0 aliphatic rings. The lowest BCUT2D eigenvalue weighted by Crippen LogP contribution is -2.48. The zero-order valence-electron chi connectivity index (χ0n) is 6.07. The molecule has 11 heavy (non-hydrogen) atoms. The van der Waals surface area contributed by atoms with Gasteiger partial charge < -0.3 is 5.73 Å². The standard InChI is InChI=1S/C7H8N4/c8-5-7-10-9-6-3-1-2-4-11(6)7/h1-4H,5,8H2/p+1. The van der Waals surface area contributed by atoms with Crippen LogP contribution in [0.15, 0.2) is 24.4 Å². The first kappa shape index (κ1) is 6.30. The Morgan fingerprint density at radius 3 is 3.09 bits per heavy atom. The molecule has 0 amide bonds. The molecule has 0 bridgehead atoms. The van der Waals surface area contributed by atoms with Gasteiger partial charge in [-0.2, -0.15) is 0 Å².